The monoisotopic (exact) mass is 1210 g/mol. The van der Waals surface area contributed by atoms with Crippen LogP contribution in [-0.2, 0) is 26.5 Å². The second-order valence-electron chi connectivity index (χ2n) is 22.4. The summed E-state index contributed by atoms with van der Waals surface area (Å²) in [6, 6.07) is 93.0. The summed E-state index contributed by atoms with van der Waals surface area (Å²) in [4.78, 5) is 9.87. The van der Waals surface area contributed by atoms with Crippen LogP contribution in [0, 0.1) is 42.5 Å². The van der Waals surface area contributed by atoms with Crippen LogP contribution in [0.25, 0.3) is 71.8 Å². The van der Waals surface area contributed by atoms with Gasteiger partial charge in [0.2, 0.25) is 0 Å². The zero-order valence-electron chi connectivity index (χ0n) is 44.0. The fourth-order valence-electron chi connectivity index (χ4n) is 15.2. The van der Waals surface area contributed by atoms with Crippen LogP contribution in [0.4, 0.5) is 22.7 Å². The van der Waals surface area contributed by atoms with Gasteiger partial charge in [-0.2, -0.15) is 6.07 Å². The Labute approximate surface area is 482 Å². The first-order valence-corrected chi connectivity index (χ1v) is 28.1. The minimum absolute atomic E-state index is 0. The van der Waals surface area contributed by atoms with Crippen molar-refractivity contribution < 1.29 is 25.8 Å². The van der Waals surface area contributed by atoms with Gasteiger partial charge in [0.05, 0.1) is 0 Å². The van der Waals surface area contributed by atoms with Gasteiger partial charge in [0.15, 0.2) is 0 Å². The molecule has 12 aromatic rings. The van der Waals surface area contributed by atoms with Crippen LogP contribution in [0.5, 0.6) is 11.5 Å². The standard InChI is InChI=1S/C74H55N4O.Pt/c1-4-18-51(19-5-1)55-43-59(76-48-77(70-33-15-14-32-69(70)76)73-63(53-20-6-2-7-21-53)28-17-29-64(73)54-22-8-3-9-23-54)46-61(44-55)79-60-34-35-66-65-27-12-13-31-68(65)78(71(66)47-60)72-45-56(36-37-75-72)74(57-39-49-38-50(41-57)42-58(74)40-49)67-30-16-25-52-24-10-11-26-62(52)67;/h1-37,43-45,48-50,57-58H,38-42H2;/q-3;. The number of aromatic nitrogens is 2. The van der Waals surface area contributed by atoms with E-state index in [2.05, 4.69) is 276 Å². The number of hydrogen-bond acceptors (Lipinski definition) is 4. The number of rotatable bonds is 10. The van der Waals surface area contributed by atoms with Gasteiger partial charge in [-0.05, 0) is 130 Å². The van der Waals surface area contributed by atoms with Crippen LogP contribution in [0.15, 0.2) is 243 Å². The Hall–Kier alpha value is -8.50. The van der Waals surface area contributed by atoms with E-state index >= 15 is 0 Å². The molecule has 4 saturated carbocycles. The van der Waals surface area contributed by atoms with E-state index in [-0.39, 0.29) is 26.5 Å². The maximum absolute atomic E-state index is 7.09. The molecule has 0 spiro atoms. The summed E-state index contributed by atoms with van der Waals surface area (Å²) >= 11 is 0. The summed E-state index contributed by atoms with van der Waals surface area (Å²) in [6.45, 7) is 2.22. The Morgan fingerprint density at radius 2 is 1.07 bits per heavy atom. The van der Waals surface area contributed by atoms with Gasteiger partial charge in [0.25, 0.3) is 0 Å². The molecule has 10 aromatic carbocycles. The van der Waals surface area contributed by atoms with Gasteiger partial charge in [-0.25, -0.2) is 4.98 Å². The summed E-state index contributed by atoms with van der Waals surface area (Å²) in [5.41, 5.74) is 15.5. The molecule has 4 bridgehead atoms. The summed E-state index contributed by atoms with van der Waals surface area (Å²) < 4.78 is 9.41. The predicted octanol–water partition coefficient (Wildman–Crippen LogP) is 18.9. The first-order valence-electron chi connectivity index (χ1n) is 28.1. The van der Waals surface area contributed by atoms with Gasteiger partial charge >= 0.3 is 0 Å². The Balaban J connectivity index is 0.00000552. The topological polar surface area (TPSA) is 33.5 Å². The molecule has 5 aliphatic rings. The number of benzene rings is 10. The van der Waals surface area contributed by atoms with E-state index in [1.165, 1.54) is 54.0 Å². The van der Waals surface area contributed by atoms with Crippen LogP contribution in [0.3, 0.4) is 0 Å². The summed E-state index contributed by atoms with van der Waals surface area (Å²) in [6.07, 6.45) is 8.65. The molecule has 0 unspecified atom stereocenters. The van der Waals surface area contributed by atoms with Gasteiger partial charge in [0.1, 0.15) is 5.82 Å². The average molecular weight is 1210 g/mol. The van der Waals surface area contributed by atoms with E-state index in [0.29, 0.717) is 23.3 Å². The maximum atomic E-state index is 7.09. The molecule has 17 rings (SSSR count). The smallest absolute Gasteiger partial charge is 0.135 e. The molecule has 2 aromatic heterocycles. The first kappa shape index (κ1) is 48.6. The summed E-state index contributed by atoms with van der Waals surface area (Å²) in [7, 11) is 0. The van der Waals surface area contributed by atoms with Crippen molar-refractivity contribution >= 4 is 55.3 Å². The van der Waals surface area contributed by atoms with Crippen LogP contribution < -0.4 is 14.5 Å². The fraction of sp³-hybridized carbons (Fsp3) is 0.135. The molecular formula is C74H55N4OPt-3. The maximum Gasteiger partial charge on any atom is 0.135 e. The molecule has 6 heteroatoms. The average Bonchev–Trinajstić information content (AvgIpc) is 4.18. The number of para-hydroxylation sites is 4. The van der Waals surface area contributed by atoms with Crippen LogP contribution in [0.2, 0.25) is 0 Å². The quantitative estimate of drug-likeness (QED) is 0.128. The molecular weight excluding hydrogens is 1160 g/mol. The molecule has 390 valence electrons. The molecule has 3 heterocycles. The van der Waals surface area contributed by atoms with Gasteiger partial charge < -0.3 is 19.1 Å². The molecule has 0 atom stereocenters. The predicted molar refractivity (Wildman–Crippen MR) is 322 cm³/mol. The molecule has 4 aliphatic carbocycles. The van der Waals surface area contributed by atoms with Crippen LogP contribution in [0.1, 0.15) is 43.2 Å². The van der Waals surface area contributed by atoms with E-state index in [1.54, 1.807) is 0 Å². The van der Waals surface area contributed by atoms with Crippen molar-refractivity contribution in [1.29, 1.82) is 0 Å². The second kappa shape index (κ2) is 19.7. The Kier molecular flexibility index (Phi) is 12.0. The molecule has 1 aliphatic heterocycles. The summed E-state index contributed by atoms with van der Waals surface area (Å²) in [5.74, 6) is 4.91. The van der Waals surface area contributed by atoms with Crippen molar-refractivity contribution in [2.24, 2.45) is 23.7 Å². The molecule has 0 saturated heterocycles. The normalized spacial score (nSPS) is 19.9. The summed E-state index contributed by atoms with van der Waals surface area (Å²) in [5, 5.41) is 4.96. The Morgan fingerprint density at radius 3 is 1.79 bits per heavy atom. The third kappa shape index (κ3) is 7.87. The van der Waals surface area contributed by atoms with Gasteiger partial charge in [-0.1, -0.05) is 188 Å². The number of hydrogen-bond donors (Lipinski definition) is 0. The largest absolute Gasteiger partial charge is 0.509 e. The Morgan fingerprint density at radius 1 is 0.475 bits per heavy atom. The van der Waals surface area contributed by atoms with Crippen molar-refractivity contribution in [3.05, 3.63) is 273 Å². The third-order valence-electron chi connectivity index (χ3n) is 18.2. The van der Waals surface area contributed by atoms with Crippen molar-refractivity contribution in [2.45, 2.75) is 37.5 Å². The van der Waals surface area contributed by atoms with E-state index in [0.717, 1.165) is 95.6 Å². The van der Waals surface area contributed by atoms with Crippen molar-refractivity contribution in [3.63, 3.8) is 0 Å². The van der Waals surface area contributed by atoms with Crippen molar-refractivity contribution in [1.82, 2.24) is 9.55 Å². The number of ether oxygens (including phenoxy) is 1. The van der Waals surface area contributed by atoms with Crippen LogP contribution >= 0.6 is 0 Å². The van der Waals surface area contributed by atoms with Gasteiger partial charge in [0, 0.05) is 77.9 Å². The molecule has 0 N–H and O–H groups in total. The SMILES string of the molecule is [Pt].[c-]1c(Oc2[c-]c3c(cc2)c2ccccc2n3-c2cc(C3(c4cccc5ccccc45)C4CC5CC(C4)CC3C5)ccn2)cc(-c2ccccc2)cc1N1[CH-]N(c2c(-c3ccccc3)cccc2-c2ccccc2)c2ccccc21. The number of nitrogens with zero attached hydrogens (tertiary/aromatic N) is 4. The number of fused-ring (bicyclic) bond motifs is 5. The first-order chi connectivity index (χ1) is 39.1. The van der Waals surface area contributed by atoms with E-state index in [9.17, 15) is 0 Å². The van der Waals surface area contributed by atoms with Crippen molar-refractivity contribution in [2.75, 3.05) is 9.80 Å². The molecule has 4 fully saturated rings. The van der Waals surface area contributed by atoms with E-state index < -0.39 is 0 Å². The Bertz CT molecular complexity index is 4220. The fourth-order valence-corrected chi connectivity index (χ4v) is 15.2. The number of anilines is 4. The zero-order valence-corrected chi connectivity index (χ0v) is 46.3. The molecule has 80 heavy (non-hydrogen) atoms. The van der Waals surface area contributed by atoms with E-state index in [4.69, 9.17) is 9.72 Å². The minimum Gasteiger partial charge on any atom is -0.509 e. The second-order valence-corrected chi connectivity index (χ2v) is 22.4. The van der Waals surface area contributed by atoms with Gasteiger partial charge in [-0.15, -0.1) is 53.6 Å². The van der Waals surface area contributed by atoms with Crippen LogP contribution in [-0.4, -0.2) is 9.55 Å². The number of pyridine rings is 1. The molecule has 0 radical (unpaired) electrons. The zero-order chi connectivity index (χ0) is 52.0. The molecule has 0 amide bonds. The van der Waals surface area contributed by atoms with E-state index in [1.807, 2.05) is 0 Å². The van der Waals surface area contributed by atoms with Crippen molar-refractivity contribution in [3.8, 4) is 50.7 Å². The minimum atomic E-state index is -0.111. The third-order valence-corrected chi connectivity index (χ3v) is 18.2. The van der Waals surface area contributed by atoms with Gasteiger partial charge in [-0.3, -0.25) is 0 Å². The molecule has 5 nitrogen and oxygen atoms in total.